The maximum absolute atomic E-state index is 12.3. The SMILES string of the molecule is COc1cc(OC)cc(OCCCN(C)C(=O)C2CCCNC2)c1. The van der Waals surface area contributed by atoms with Gasteiger partial charge in [0.15, 0.2) is 0 Å². The number of methoxy groups -OCH3 is 2. The van der Waals surface area contributed by atoms with Gasteiger partial charge in [-0.15, -0.1) is 0 Å². The molecule has 0 radical (unpaired) electrons. The number of hydrogen-bond donors (Lipinski definition) is 1. The van der Waals surface area contributed by atoms with Gasteiger partial charge in [-0.05, 0) is 25.8 Å². The lowest BCUT2D eigenvalue weighted by Crippen LogP contribution is -2.41. The first-order valence-corrected chi connectivity index (χ1v) is 8.45. The van der Waals surface area contributed by atoms with E-state index in [4.69, 9.17) is 14.2 Å². The van der Waals surface area contributed by atoms with Gasteiger partial charge in [0.2, 0.25) is 5.91 Å². The van der Waals surface area contributed by atoms with Crippen molar-refractivity contribution in [3.8, 4) is 17.2 Å². The highest BCUT2D eigenvalue weighted by Crippen LogP contribution is 2.27. The van der Waals surface area contributed by atoms with Crippen LogP contribution >= 0.6 is 0 Å². The largest absolute Gasteiger partial charge is 0.496 e. The molecule has 6 heteroatoms. The lowest BCUT2D eigenvalue weighted by Gasteiger charge is -2.27. The van der Waals surface area contributed by atoms with Crippen LogP contribution in [0.5, 0.6) is 17.2 Å². The Morgan fingerprint density at radius 2 is 1.88 bits per heavy atom. The molecule has 0 bridgehead atoms. The van der Waals surface area contributed by atoms with E-state index in [9.17, 15) is 4.79 Å². The van der Waals surface area contributed by atoms with Crippen LogP contribution in [-0.4, -0.2) is 58.3 Å². The molecule has 6 nitrogen and oxygen atoms in total. The molecule has 1 heterocycles. The number of carbonyl (C=O) groups excluding carboxylic acids is 1. The number of benzene rings is 1. The van der Waals surface area contributed by atoms with E-state index in [1.807, 2.05) is 24.1 Å². The number of amides is 1. The van der Waals surface area contributed by atoms with Gasteiger partial charge in [-0.2, -0.15) is 0 Å². The minimum atomic E-state index is 0.118. The molecule has 1 unspecified atom stereocenters. The molecule has 0 aromatic heterocycles. The maximum atomic E-state index is 12.3. The summed E-state index contributed by atoms with van der Waals surface area (Å²) >= 11 is 0. The minimum absolute atomic E-state index is 0.118. The predicted octanol–water partition coefficient (Wildman–Crippen LogP) is 1.93. The number of carbonyl (C=O) groups is 1. The molecule has 134 valence electrons. The van der Waals surface area contributed by atoms with E-state index < -0.39 is 0 Å². The zero-order chi connectivity index (χ0) is 17.4. The Labute approximate surface area is 144 Å². The number of rotatable bonds is 8. The predicted molar refractivity (Wildman–Crippen MR) is 92.9 cm³/mol. The summed E-state index contributed by atoms with van der Waals surface area (Å²) in [7, 11) is 5.09. The van der Waals surface area contributed by atoms with Crippen molar-refractivity contribution in [3.63, 3.8) is 0 Å². The van der Waals surface area contributed by atoms with Crippen molar-refractivity contribution >= 4 is 5.91 Å². The third kappa shape index (κ3) is 5.30. The third-order valence-electron chi connectivity index (χ3n) is 4.25. The van der Waals surface area contributed by atoms with Crippen molar-refractivity contribution in [2.45, 2.75) is 19.3 Å². The summed E-state index contributed by atoms with van der Waals surface area (Å²) in [6.07, 6.45) is 2.84. The second-order valence-electron chi connectivity index (χ2n) is 6.05. The zero-order valence-electron chi connectivity index (χ0n) is 14.8. The fourth-order valence-electron chi connectivity index (χ4n) is 2.84. The monoisotopic (exact) mass is 336 g/mol. The first kappa shape index (κ1) is 18.4. The number of piperidine rings is 1. The second kappa shape index (κ2) is 9.37. The lowest BCUT2D eigenvalue weighted by molar-refractivity contribution is -0.134. The van der Waals surface area contributed by atoms with E-state index in [0.29, 0.717) is 30.4 Å². The molecule has 1 amide bonds. The third-order valence-corrected chi connectivity index (χ3v) is 4.25. The molecule has 1 saturated heterocycles. The Morgan fingerprint density at radius 3 is 2.46 bits per heavy atom. The maximum Gasteiger partial charge on any atom is 0.226 e. The van der Waals surface area contributed by atoms with Crippen LogP contribution < -0.4 is 19.5 Å². The van der Waals surface area contributed by atoms with E-state index in [0.717, 1.165) is 32.4 Å². The number of hydrogen-bond acceptors (Lipinski definition) is 5. The van der Waals surface area contributed by atoms with Crippen LogP contribution in [0.2, 0.25) is 0 Å². The summed E-state index contributed by atoms with van der Waals surface area (Å²) in [4.78, 5) is 14.2. The molecular weight excluding hydrogens is 308 g/mol. The van der Waals surface area contributed by atoms with Gasteiger partial charge in [0, 0.05) is 38.3 Å². The fraction of sp³-hybridized carbons (Fsp3) is 0.611. The molecule has 1 fully saturated rings. The second-order valence-corrected chi connectivity index (χ2v) is 6.05. The highest BCUT2D eigenvalue weighted by atomic mass is 16.5. The van der Waals surface area contributed by atoms with E-state index >= 15 is 0 Å². The first-order chi connectivity index (χ1) is 11.6. The van der Waals surface area contributed by atoms with Crippen LogP contribution in [0.15, 0.2) is 18.2 Å². The standard InChI is InChI=1S/C18H28N2O4/c1-20(18(21)14-6-4-7-19-13-14)8-5-9-24-17-11-15(22-2)10-16(12-17)23-3/h10-12,14,19H,4-9,13H2,1-3H3. The van der Waals surface area contributed by atoms with Crippen LogP contribution in [0.25, 0.3) is 0 Å². The molecule has 0 spiro atoms. The van der Waals surface area contributed by atoms with Crippen molar-refractivity contribution in [2.75, 3.05) is 47.5 Å². The van der Waals surface area contributed by atoms with Crippen LogP contribution in [-0.2, 0) is 4.79 Å². The normalized spacial score (nSPS) is 17.2. The fourth-order valence-corrected chi connectivity index (χ4v) is 2.84. The molecule has 1 aliphatic heterocycles. The van der Waals surface area contributed by atoms with Gasteiger partial charge in [0.05, 0.1) is 26.7 Å². The number of nitrogens with one attached hydrogen (secondary N) is 1. The van der Waals surface area contributed by atoms with Crippen molar-refractivity contribution < 1.29 is 19.0 Å². The Bertz CT molecular complexity index is 508. The summed E-state index contributed by atoms with van der Waals surface area (Å²) in [5, 5.41) is 3.29. The van der Waals surface area contributed by atoms with Crippen LogP contribution in [0.3, 0.4) is 0 Å². The van der Waals surface area contributed by atoms with Crippen molar-refractivity contribution in [1.82, 2.24) is 10.2 Å². The summed E-state index contributed by atoms with van der Waals surface area (Å²) in [5.41, 5.74) is 0. The molecule has 0 aliphatic carbocycles. The number of nitrogens with zero attached hydrogens (tertiary/aromatic N) is 1. The summed E-state index contributed by atoms with van der Waals surface area (Å²) < 4.78 is 16.2. The molecule has 0 saturated carbocycles. The molecule has 1 atom stereocenters. The average molecular weight is 336 g/mol. The highest BCUT2D eigenvalue weighted by Gasteiger charge is 2.23. The zero-order valence-corrected chi connectivity index (χ0v) is 14.8. The van der Waals surface area contributed by atoms with Crippen LogP contribution in [0, 0.1) is 5.92 Å². The van der Waals surface area contributed by atoms with Gasteiger partial charge in [-0.1, -0.05) is 0 Å². The van der Waals surface area contributed by atoms with Gasteiger partial charge in [-0.3, -0.25) is 4.79 Å². The van der Waals surface area contributed by atoms with Crippen molar-refractivity contribution in [2.24, 2.45) is 5.92 Å². The lowest BCUT2D eigenvalue weighted by atomic mass is 9.98. The Hall–Kier alpha value is -1.95. The van der Waals surface area contributed by atoms with Gasteiger partial charge in [0.1, 0.15) is 17.2 Å². The molecule has 1 aliphatic rings. The Morgan fingerprint density at radius 1 is 1.21 bits per heavy atom. The Kier molecular flexibility index (Phi) is 7.18. The van der Waals surface area contributed by atoms with E-state index in [1.165, 1.54) is 0 Å². The van der Waals surface area contributed by atoms with Gasteiger partial charge >= 0.3 is 0 Å². The molecule has 1 aromatic carbocycles. The molecule has 24 heavy (non-hydrogen) atoms. The van der Waals surface area contributed by atoms with E-state index in [2.05, 4.69) is 5.32 Å². The topological polar surface area (TPSA) is 60.0 Å². The van der Waals surface area contributed by atoms with E-state index in [-0.39, 0.29) is 11.8 Å². The number of ether oxygens (including phenoxy) is 3. The smallest absolute Gasteiger partial charge is 0.226 e. The van der Waals surface area contributed by atoms with Gasteiger partial charge in [0.25, 0.3) is 0 Å². The minimum Gasteiger partial charge on any atom is -0.496 e. The van der Waals surface area contributed by atoms with Crippen LogP contribution in [0.1, 0.15) is 19.3 Å². The van der Waals surface area contributed by atoms with Gasteiger partial charge in [-0.25, -0.2) is 0 Å². The molecular formula is C18H28N2O4. The quantitative estimate of drug-likeness (QED) is 0.735. The van der Waals surface area contributed by atoms with Crippen molar-refractivity contribution in [3.05, 3.63) is 18.2 Å². The molecule has 1 N–H and O–H groups in total. The van der Waals surface area contributed by atoms with E-state index in [1.54, 1.807) is 20.3 Å². The average Bonchev–Trinajstić information content (AvgIpc) is 2.64. The van der Waals surface area contributed by atoms with Gasteiger partial charge < -0.3 is 24.4 Å². The molecule has 1 aromatic rings. The summed E-state index contributed by atoms with van der Waals surface area (Å²) in [6, 6.07) is 5.45. The molecule has 2 rings (SSSR count). The first-order valence-electron chi connectivity index (χ1n) is 8.45. The Balaban J connectivity index is 1.74. The highest BCUT2D eigenvalue weighted by molar-refractivity contribution is 5.78. The van der Waals surface area contributed by atoms with Crippen LogP contribution in [0.4, 0.5) is 0 Å². The summed E-state index contributed by atoms with van der Waals surface area (Å²) in [5.74, 6) is 2.44. The summed E-state index contributed by atoms with van der Waals surface area (Å²) in [6.45, 7) is 3.04. The van der Waals surface area contributed by atoms with Crippen molar-refractivity contribution in [1.29, 1.82) is 0 Å².